The topological polar surface area (TPSA) is 26.7 Å². The van der Waals surface area contributed by atoms with Crippen LogP contribution in [0.3, 0.4) is 0 Å². The van der Waals surface area contributed by atoms with Gasteiger partial charge in [0.2, 0.25) is 0 Å². The first-order valence-electron chi connectivity index (χ1n) is 6.68. The molecule has 0 fully saturated rings. The molecule has 20 heavy (non-hydrogen) atoms. The smallest absolute Gasteiger partial charge is 0.122 e. The lowest BCUT2D eigenvalue weighted by atomic mass is 10.1. The number of rotatable bonds is 2. The summed E-state index contributed by atoms with van der Waals surface area (Å²) in [6.45, 7) is 2.50. The van der Waals surface area contributed by atoms with Crippen molar-refractivity contribution >= 4 is 23.0 Å². The number of fused-ring (bicyclic) bond motifs is 1. The third kappa shape index (κ3) is 2.29. The molecule has 0 atom stereocenters. The van der Waals surface area contributed by atoms with E-state index in [4.69, 9.17) is 11.6 Å². The minimum atomic E-state index is 0.258. The summed E-state index contributed by atoms with van der Waals surface area (Å²) in [5, 5.41) is 10.6. The van der Waals surface area contributed by atoms with E-state index in [2.05, 4.69) is 29.0 Å². The molecular formula is C16H17ClN2O. The molecule has 3 nitrogen and oxygen atoms in total. The summed E-state index contributed by atoms with van der Waals surface area (Å²) in [4.78, 5) is 4.51. The number of likely N-dealkylation sites (N-methyl/N-ethyl adjacent to an activating group) is 1. The Kier molecular flexibility index (Phi) is 3.45. The van der Waals surface area contributed by atoms with Crippen molar-refractivity contribution in [3.05, 3.63) is 53.1 Å². The van der Waals surface area contributed by atoms with Crippen LogP contribution in [0.1, 0.15) is 5.56 Å². The van der Waals surface area contributed by atoms with Crippen molar-refractivity contribution in [2.45, 2.75) is 6.54 Å². The second-order valence-electron chi connectivity index (χ2n) is 5.07. The highest BCUT2D eigenvalue weighted by molar-refractivity contribution is 6.31. The number of hydrogen-bond acceptors (Lipinski definition) is 3. The Labute approximate surface area is 124 Å². The van der Waals surface area contributed by atoms with E-state index in [0.29, 0.717) is 11.6 Å². The van der Waals surface area contributed by atoms with Gasteiger partial charge < -0.3 is 14.9 Å². The summed E-state index contributed by atoms with van der Waals surface area (Å²) >= 11 is 6.21. The zero-order chi connectivity index (χ0) is 14.1. The second-order valence-corrected chi connectivity index (χ2v) is 5.48. The van der Waals surface area contributed by atoms with Gasteiger partial charge >= 0.3 is 0 Å². The van der Waals surface area contributed by atoms with Crippen LogP contribution in [0.2, 0.25) is 5.02 Å². The molecule has 1 aliphatic rings. The fraction of sp³-hybridized carbons (Fsp3) is 0.250. The van der Waals surface area contributed by atoms with Gasteiger partial charge in [-0.2, -0.15) is 0 Å². The molecule has 0 saturated heterocycles. The Morgan fingerprint density at radius 1 is 1.05 bits per heavy atom. The first-order valence-corrected chi connectivity index (χ1v) is 7.06. The van der Waals surface area contributed by atoms with Crippen molar-refractivity contribution in [3.8, 4) is 5.75 Å². The zero-order valence-corrected chi connectivity index (χ0v) is 12.1. The third-order valence-electron chi connectivity index (χ3n) is 3.78. The van der Waals surface area contributed by atoms with Crippen LogP contribution in [0.5, 0.6) is 5.75 Å². The molecule has 3 rings (SSSR count). The van der Waals surface area contributed by atoms with Crippen LogP contribution >= 0.6 is 11.6 Å². The van der Waals surface area contributed by atoms with Crippen LogP contribution in [0, 0.1) is 0 Å². The predicted molar refractivity (Wildman–Crippen MR) is 83.9 cm³/mol. The summed E-state index contributed by atoms with van der Waals surface area (Å²) < 4.78 is 0. The molecule has 0 spiro atoms. The minimum Gasteiger partial charge on any atom is -0.508 e. The minimum absolute atomic E-state index is 0.258. The third-order valence-corrected chi connectivity index (χ3v) is 4.14. The van der Waals surface area contributed by atoms with E-state index in [0.717, 1.165) is 18.7 Å². The van der Waals surface area contributed by atoms with Gasteiger partial charge in [0, 0.05) is 37.3 Å². The van der Waals surface area contributed by atoms with Gasteiger partial charge in [-0.05, 0) is 24.3 Å². The molecule has 104 valence electrons. The molecule has 4 heteroatoms. The largest absolute Gasteiger partial charge is 0.508 e. The van der Waals surface area contributed by atoms with E-state index in [-0.39, 0.29) is 5.75 Å². The SMILES string of the molecule is CN1CCN(Cc2c(O)cccc2Cl)c2ccccc21. The molecule has 1 heterocycles. The van der Waals surface area contributed by atoms with Crippen LogP contribution in [0.4, 0.5) is 11.4 Å². The van der Waals surface area contributed by atoms with Crippen molar-refractivity contribution in [2.75, 3.05) is 29.9 Å². The number of para-hydroxylation sites is 2. The van der Waals surface area contributed by atoms with Gasteiger partial charge in [-0.25, -0.2) is 0 Å². The van der Waals surface area contributed by atoms with E-state index in [1.165, 1.54) is 11.4 Å². The lowest BCUT2D eigenvalue weighted by Gasteiger charge is -2.37. The molecule has 0 amide bonds. The Balaban J connectivity index is 1.95. The van der Waals surface area contributed by atoms with Crippen molar-refractivity contribution in [1.82, 2.24) is 0 Å². The van der Waals surface area contributed by atoms with Crippen LogP contribution in [0.25, 0.3) is 0 Å². The Bertz CT molecular complexity index is 609. The number of phenolic OH excluding ortho intramolecular Hbond substituents is 1. The summed E-state index contributed by atoms with van der Waals surface area (Å²) in [6.07, 6.45) is 0. The maximum atomic E-state index is 10.0. The maximum Gasteiger partial charge on any atom is 0.122 e. The number of hydrogen-bond donors (Lipinski definition) is 1. The quantitative estimate of drug-likeness (QED) is 0.916. The molecule has 2 aromatic carbocycles. The van der Waals surface area contributed by atoms with Gasteiger partial charge in [0.15, 0.2) is 0 Å². The number of benzene rings is 2. The average Bonchev–Trinajstić information content (AvgIpc) is 2.46. The van der Waals surface area contributed by atoms with Gasteiger partial charge in [-0.3, -0.25) is 0 Å². The highest BCUT2D eigenvalue weighted by Gasteiger charge is 2.21. The summed E-state index contributed by atoms with van der Waals surface area (Å²) in [6, 6.07) is 13.6. The van der Waals surface area contributed by atoms with Gasteiger partial charge in [0.05, 0.1) is 11.4 Å². The normalized spacial score (nSPS) is 14.3. The molecular weight excluding hydrogens is 272 g/mol. The monoisotopic (exact) mass is 288 g/mol. The number of halogens is 1. The first-order chi connectivity index (χ1) is 9.66. The van der Waals surface area contributed by atoms with Crippen LogP contribution in [0.15, 0.2) is 42.5 Å². The van der Waals surface area contributed by atoms with Gasteiger partial charge in [-0.15, -0.1) is 0 Å². The Hall–Kier alpha value is -1.87. The van der Waals surface area contributed by atoms with Crippen LogP contribution in [-0.2, 0) is 6.54 Å². The van der Waals surface area contributed by atoms with E-state index < -0.39 is 0 Å². The molecule has 0 radical (unpaired) electrons. The number of anilines is 2. The molecule has 0 bridgehead atoms. The lowest BCUT2D eigenvalue weighted by Crippen LogP contribution is -2.38. The zero-order valence-electron chi connectivity index (χ0n) is 11.4. The highest BCUT2D eigenvalue weighted by Crippen LogP contribution is 2.35. The van der Waals surface area contributed by atoms with Crippen molar-refractivity contribution in [2.24, 2.45) is 0 Å². The molecule has 0 aliphatic carbocycles. The molecule has 1 aliphatic heterocycles. The van der Waals surface area contributed by atoms with Crippen LogP contribution in [-0.4, -0.2) is 25.2 Å². The van der Waals surface area contributed by atoms with Crippen molar-refractivity contribution in [1.29, 1.82) is 0 Å². The van der Waals surface area contributed by atoms with E-state index >= 15 is 0 Å². The van der Waals surface area contributed by atoms with Crippen molar-refractivity contribution in [3.63, 3.8) is 0 Å². The lowest BCUT2D eigenvalue weighted by molar-refractivity contribution is 0.467. The second kappa shape index (κ2) is 5.25. The average molecular weight is 289 g/mol. The van der Waals surface area contributed by atoms with Crippen molar-refractivity contribution < 1.29 is 5.11 Å². The highest BCUT2D eigenvalue weighted by atomic mass is 35.5. The van der Waals surface area contributed by atoms with Gasteiger partial charge in [0.1, 0.15) is 5.75 Å². The number of phenols is 1. The summed E-state index contributed by atoms with van der Waals surface area (Å²) in [5.74, 6) is 0.258. The molecule has 0 unspecified atom stereocenters. The standard InChI is InChI=1S/C16H17ClN2O/c1-18-9-10-19(15-7-3-2-6-14(15)18)11-12-13(17)5-4-8-16(12)20/h2-8,20H,9-11H2,1H3. The maximum absolute atomic E-state index is 10.0. The Morgan fingerprint density at radius 3 is 2.55 bits per heavy atom. The fourth-order valence-electron chi connectivity index (χ4n) is 2.62. The predicted octanol–water partition coefficient (Wildman–Crippen LogP) is 3.50. The molecule has 0 aromatic heterocycles. The summed E-state index contributed by atoms with van der Waals surface area (Å²) in [7, 11) is 2.10. The van der Waals surface area contributed by atoms with E-state index in [1.807, 2.05) is 18.2 Å². The van der Waals surface area contributed by atoms with Gasteiger partial charge in [0.25, 0.3) is 0 Å². The molecule has 2 aromatic rings. The number of aromatic hydroxyl groups is 1. The summed E-state index contributed by atoms with van der Waals surface area (Å²) in [5.41, 5.74) is 3.18. The molecule has 1 N–H and O–H groups in total. The Morgan fingerprint density at radius 2 is 1.80 bits per heavy atom. The molecule has 0 saturated carbocycles. The first kappa shape index (κ1) is 13.1. The van der Waals surface area contributed by atoms with Gasteiger partial charge in [-0.1, -0.05) is 29.8 Å². The number of nitrogens with zero attached hydrogens (tertiary/aromatic N) is 2. The van der Waals surface area contributed by atoms with E-state index in [1.54, 1.807) is 12.1 Å². The van der Waals surface area contributed by atoms with Crippen LogP contribution < -0.4 is 9.80 Å². The fourth-order valence-corrected chi connectivity index (χ4v) is 2.85. The van der Waals surface area contributed by atoms with E-state index in [9.17, 15) is 5.11 Å².